The maximum absolute atomic E-state index is 11.9. The highest BCUT2D eigenvalue weighted by Gasteiger charge is 2.51. The first-order valence-corrected chi connectivity index (χ1v) is 11.7. The molecule has 0 heterocycles. The highest BCUT2D eigenvalue weighted by atomic mass is 31.2. The van der Waals surface area contributed by atoms with Crippen molar-refractivity contribution in [2.24, 2.45) is 17.8 Å². The second kappa shape index (κ2) is 7.64. The minimum absolute atomic E-state index is 0.104. The molecule has 4 bridgehead atoms. The van der Waals surface area contributed by atoms with E-state index in [4.69, 9.17) is 18.5 Å². The number of benzene rings is 1. The van der Waals surface area contributed by atoms with Crippen LogP contribution in [0.5, 0.6) is 11.5 Å². The molecule has 156 valence electrons. The van der Waals surface area contributed by atoms with Crippen LogP contribution in [0.3, 0.4) is 0 Å². The Labute approximate surface area is 167 Å². The van der Waals surface area contributed by atoms with Gasteiger partial charge in [-0.05, 0) is 86.3 Å². The van der Waals surface area contributed by atoms with Gasteiger partial charge in [0.05, 0.1) is 33.0 Å². The van der Waals surface area contributed by atoms with Crippen LogP contribution in [-0.2, 0) is 25.6 Å². The molecule has 28 heavy (non-hydrogen) atoms. The van der Waals surface area contributed by atoms with E-state index in [2.05, 4.69) is 12.1 Å². The molecule has 1 aromatic rings. The van der Waals surface area contributed by atoms with Gasteiger partial charge in [0.25, 0.3) is 0 Å². The van der Waals surface area contributed by atoms with E-state index in [1.807, 2.05) is 0 Å². The fourth-order valence-corrected chi connectivity index (χ4v) is 6.94. The van der Waals surface area contributed by atoms with Crippen LogP contribution in [0.2, 0.25) is 0 Å². The third-order valence-electron chi connectivity index (χ3n) is 6.92. The largest absolute Gasteiger partial charge is 0.496 e. The van der Waals surface area contributed by atoms with E-state index in [1.54, 1.807) is 21.1 Å². The van der Waals surface area contributed by atoms with Crippen LogP contribution < -0.4 is 9.47 Å². The molecule has 0 aliphatic heterocycles. The van der Waals surface area contributed by atoms with Gasteiger partial charge in [-0.1, -0.05) is 0 Å². The summed E-state index contributed by atoms with van der Waals surface area (Å²) < 4.78 is 33.2. The Morgan fingerprint density at radius 3 is 1.93 bits per heavy atom. The highest BCUT2D eigenvalue weighted by Crippen LogP contribution is 2.61. The van der Waals surface area contributed by atoms with E-state index >= 15 is 0 Å². The number of phosphoric ester groups is 1. The van der Waals surface area contributed by atoms with Gasteiger partial charge in [-0.3, -0.25) is 9.05 Å². The summed E-state index contributed by atoms with van der Waals surface area (Å²) in [7, 11) is -0.861. The molecule has 7 heteroatoms. The molecule has 0 spiro atoms. The number of hydrogen-bond acceptors (Lipinski definition) is 5. The fraction of sp³-hybridized carbons (Fsp3) is 0.714. The molecule has 1 unspecified atom stereocenters. The van der Waals surface area contributed by atoms with Crippen LogP contribution in [-0.4, -0.2) is 25.7 Å². The Morgan fingerprint density at radius 1 is 1.00 bits per heavy atom. The summed E-state index contributed by atoms with van der Waals surface area (Å²) in [5.74, 6) is 3.82. The Kier molecular flexibility index (Phi) is 5.51. The van der Waals surface area contributed by atoms with Gasteiger partial charge in [0, 0.05) is 0 Å². The van der Waals surface area contributed by atoms with Gasteiger partial charge in [-0.15, -0.1) is 0 Å². The summed E-state index contributed by atoms with van der Waals surface area (Å²) in [4.78, 5) is 9.74. The zero-order chi connectivity index (χ0) is 19.9. The van der Waals surface area contributed by atoms with Crippen molar-refractivity contribution in [2.75, 3.05) is 20.8 Å². The summed E-state index contributed by atoms with van der Waals surface area (Å²) in [5.41, 5.74) is 2.13. The first-order valence-electron chi connectivity index (χ1n) is 10.3. The number of hydrogen-bond donors (Lipinski definition) is 1. The van der Waals surface area contributed by atoms with Crippen LogP contribution >= 0.6 is 7.82 Å². The lowest BCUT2D eigenvalue weighted by Gasteiger charge is -2.57. The maximum Gasteiger partial charge on any atom is 0.472 e. The predicted molar refractivity (Wildman–Crippen MR) is 106 cm³/mol. The second-order valence-electron chi connectivity index (χ2n) is 8.72. The lowest BCUT2D eigenvalue weighted by Crippen LogP contribution is -2.48. The highest BCUT2D eigenvalue weighted by molar-refractivity contribution is 7.47. The minimum Gasteiger partial charge on any atom is -0.496 e. The molecule has 4 aliphatic carbocycles. The normalized spacial score (nSPS) is 32.9. The third kappa shape index (κ3) is 3.72. The molecule has 1 N–H and O–H groups in total. The van der Waals surface area contributed by atoms with E-state index in [1.165, 1.54) is 44.1 Å². The zero-order valence-corrected chi connectivity index (χ0v) is 17.9. The molecule has 1 aromatic carbocycles. The van der Waals surface area contributed by atoms with Crippen LogP contribution in [0.25, 0.3) is 0 Å². The predicted octanol–water partition coefficient (Wildman–Crippen LogP) is 4.83. The third-order valence-corrected chi connectivity index (χ3v) is 7.96. The standard InChI is InChI=1S/C21H31O6P/c1-4-26-28(22,23)27-13-18-19(24-2)8-17(9-20(18)25-3)21-10-14-5-15(11-21)7-16(6-14)12-21/h8-9,14-16H,4-7,10-13H2,1-3H3,(H,22,23). The van der Waals surface area contributed by atoms with Gasteiger partial charge in [0.15, 0.2) is 0 Å². The summed E-state index contributed by atoms with van der Waals surface area (Å²) in [5, 5.41) is 0. The van der Waals surface area contributed by atoms with E-state index in [-0.39, 0.29) is 18.6 Å². The molecule has 6 nitrogen and oxygen atoms in total. The quantitative estimate of drug-likeness (QED) is 0.619. The summed E-state index contributed by atoms with van der Waals surface area (Å²) in [6.45, 7) is 1.64. The lowest BCUT2D eigenvalue weighted by atomic mass is 9.48. The molecule has 0 saturated heterocycles. The van der Waals surface area contributed by atoms with E-state index in [0.717, 1.165) is 17.8 Å². The maximum atomic E-state index is 11.9. The molecule has 4 aliphatic rings. The topological polar surface area (TPSA) is 74.2 Å². The summed E-state index contributed by atoms with van der Waals surface area (Å²) >= 11 is 0. The molecule has 5 rings (SSSR count). The Morgan fingerprint density at radius 2 is 1.50 bits per heavy atom. The van der Waals surface area contributed by atoms with Crippen LogP contribution in [0.4, 0.5) is 0 Å². The number of methoxy groups -OCH3 is 2. The number of ether oxygens (including phenoxy) is 2. The van der Waals surface area contributed by atoms with Crippen molar-refractivity contribution in [3.8, 4) is 11.5 Å². The van der Waals surface area contributed by atoms with Gasteiger partial charge in [0.1, 0.15) is 11.5 Å². The first kappa shape index (κ1) is 20.2. The van der Waals surface area contributed by atoms with Crippen molar-refractivity contribution in [3.63, 3.8) is 0 Å². The van der Waals surface area contributed by atoms with Gasteiger partial charge in [0.2, 0.25) is 0 Å². The Balaban J connectivity index is 1.65. The molecule has 0 radical (unpaired) electrons. The van der Waals surface area contributed by atoms with Gasteiger partial charge in [-0.25, -0.2) is 4.57 Å². The molecular formula is C21H31O6P. The lowest BCUT2D eigenvalue weighted by molar-refractivity contribution is -0.00538. The second-order valence-corrected chi connectivity index (χ2v) is 10.2. The van der Waals surface area contributed by atoms with Crippen molar-refractivity contribution >= 4 is 7.82 Å². The Hall–Kier alpha value is -1.07. The Bertz CT molecular complexity index is 716. The van der Waals surface area contributed by atoms with Crippen LogP contribution in [0, 0.1) is 17.8 Å². The van der Waals surface area contributed by atoms with E-state index in [0.29, 0.717) is 17.1 Å². The minimum atomic E-state index is -4.09. The summed E-state index contributed by atoms with van der Waals surface area (Å²) in [6.07, 6.45) is 7.92. The average Bonchev–Trinajstić information content (AvgIpc) is 2.64. The average molecular weight is 410 g/mol. The summed E-state index contributed by atoms with van der Waals surface area (Å²) in [6, 6.07) is 4.19. The first-order chi connectivity index (χ1) is 13.4. The van der Waals surface area contributed by atoms with E-state index in [9.17, 15) is 9.46 Å². The van der Waals surface area contributed by atoms with Crippen LogP contribution in [0.1, 0.15) is 56.6 Å². The SMILES string of the molecule is CCOP(=O)(O)OCc1c(OC)cc(C23CC4CC(CC(C4)C2)C3)cc1OC. The number of rotatable bonds is 8. The van der Waals surface area contributed by atoms with Crippen molar-refractivity contribution in [2.45, 2.75) is 57.5 Å². The molecule has 0 amide bonds. The molecule has 0 aromatic heterocycles. The fourth-order valence-electron chi connectivity index (χ4n) is 6.24. The number of phosphoric acid groups is 1. The van der Waals surface area contributed by atoms with Crippen molar-refractivity contribution in [1.82, 2.24) is 0 Å². The van der Waals surface area contributed by atoms with Crippen molar-refractivity contribution in [1.29, 1.82) is 0 Å². The van der Waals surface area contributed by atoms with Gasteiger partial charge < -0.3 is 14.4 Å². The van der Waals surface area contributed by atoms with E-state index < -0.39 is 7.82 Å². The van der Waals surface area contributed by atoms with Crippen molar-refractivity contribution in [3.05, 3.63) is 23.3 Å². The monoisotopic (exact) mass is 410 g/mol. The smallest absolute Gasteiger partial charge is 0.472 e. The molecule has 4 saturated carbocycles. The van der Waals surface area contributed by atoms with Gasteiger partial charge >= 0.3 is 7.82 Å². The molecule has 4 fully saturated rings. The zero-order valence-electron chi connectivity index (χ0n) is 17.0. The van der Waals surface area contributed by atoms with Gasteiger partial charge in [-0.2, -0.15) is 0 Å². The van der Waals surface area contributed by atoms with Crippen molar-refractivity contribution < 1.29 is 28.0 Å². The molecule has 1 atom stereocenters. The van der Waals surface area contributed by atoms with Crippen LogP contribution in [0.15, 0.2) is 12.1 Å². The molecular weight excluding hydrogens is 379 g/mol.